The Bertz CT molecular complexity index is 131. The van der Waals surface area contributed by atoms with Gasteiger partial charge in [-0.25, -0.2) is 0 Å². The van der Waals surface area contributed by atoms with E-state index in [1.807, 2.05) is 6.92 Å². The predicted molar refractivity (Wildman–Crippen MR) is 64.3 cm³/mol. The third-order valence-corrected chi connectivity index (χ3v) is 2.33. The van der Waals surface area contributed by atoms with Gasteiger partial charge in [-0.2, -0.15) is 0 Å². The van der Waals surface area contributed by atoms with Crippen LogP contribution >= 0.6 is 0 Å². The summed E-state index contributed by atoms with van der Waals surface area (Å²) in [4.78, 5) is 0. The lowest BCUT2D eigenvalue weighted by Crippen LogP contribution is -2.27. The number of rotatable bonds is 10. The van der Waals surface area contributed by atoms with Crippen molar-refractivity contribution in [2.45, 2.75) is 52.2 Å². The van der Waals surface area contributed by atoms with Gasteiger partial charge in [0.05, 0.1) is 12.7 Å². The smallest absolute Gasteiger partial charge is 0.0780 e. The van der Waals surface area contributed by atoms with Gasteiger partial charge in [0.2, 0.25) is 0 Å². The minimum Gasteiger partial charge on any atom is -0.382 e. The van der Waals surface area contributed by atoms with Crippen molar-refractivity contribution in [3.05, 3.63) is 0 Å². The summed E-state index contributed by atoms with van der Waals surface area (Å²) in [5, 5.41) is 3.47. The molecule has 1 N–H and O–H groups in total. The second kappa shape index (κ2) is 10.4. The van der Waals surface area contributed by atoms with Crippen LogP contribution in [0.25, 0.3) is 0 Å². The number of ether oxygens (including phenoxy) is 2. The van der Waals surface area contributed by atoms with Crippen LogP contribution in [-0.2, 0) is 9.47 Å². The van der Waals surface area contributed by atoms with Gasteiger partial charge in [0, 0.05) is 19.8 Å². The number of nitrogens with one attached hydrogen (secondary N) is 1. The Balaban J connectivity index is 3.22. The van der Waals surface area contributed by atoms with E-state index in [9.17, 15) is 0 Å². The summed E-state index contributed by atoms with van der Waals surface area (Å²) in [6, 6.07) is 0.603. The van der Waals surface area contributed by atoms with Crippen LogP contribution in [0.5, 0.6) is 0 Å². The molecule has 15 heavy (non-hydrogen) atoms. The van der Waals surface area contributed by atoms with Gasteiger partial charge in [0.15, 0.2) is 0 Å². The quantitative estimate of drug-likeness (QED) is 0.569. The van der Waals surface area contributed by atoms with Gasteiger partial charge in [-0.15, -0.1) is 0 Å². The van der Waals surface area contributed by atoms with E-state index in [2.05, 4.69) is 19.2 Å². The van der Waals surface area contributed by atoms with Crippen molar-refractivity contribution in [1.82, 2.24) is 5.32 Å². The summed E-state index contributed by atoms with van der Waals surface area (Å²) in [5.74, 6) is 0. The maximum atomic E-state index is 5.58. The summed E-state index contributed by atoms with van der Waals surface area (Å²) >= 11 is 0. The fourth-order valence-corrected chi connectivity index (χ4v) is 1.45. The van der Waals surface area contributed by atoms with E-state index in [4.69, 9.17) is 9.47 Å². The Kier molecular flexibility index (Phi) is 10.3. The monoisotopic (exact) mass is 217 g/mol. The molecule has 0 saturated carbocycles. The Hall–Kier alpha value is -0.120. The average Bonchev–Trinajstić information content (AvgIpc) is 2.22. The molecule has 0 heterocycles. The van der Waals surface area contributed by atoms with Gasteiger partial charge in [0.1, 0.15) is 0 Å². The largest absolute Gasteiger partial charge is 0.382 e. The molecule has 2 unspecified atom stereocenters. The maximum absolute atomic E-state index is 5.58. The summed E-state index contributed by atoms with van der Waals surface area (Å²) in [7, 11) is 1.70. The van der Waals surface area contributed by atoms with Crippen LogP contribution in [0.4, 0.5) is 0 Å². The number of hydrogen-bond acceptors (Lipinski definition) is 3. The summed E-state index contributed by atoms with van der Waals surface area (Å²) in [6.07, 6.45) is 3.71. The predicted octanol–water partition coefficient (Wildman–Crippen LogP) is 2.21. The van der Waals surface area contributed by atoms with Gasteiger partial charge < -0.3 is 14.8 Å². The summed E-state index contributed by atoms with van der Waals surface area (Å²) in [6.45, 7) is 9.10. The van der Waals surface area contributed by atoms with E-state index in [0.29, 0.717) is 12.6 Å². The third kappa shape index (κ3) is 10.2. The molecule has 0 amide bonds. The van der Waals surface area contributed by atoms with Crippen LogP contribution < -0.4 is 5.32 Å². The topological polar surface area (TPSA) is 30.5 Å². The minimum absolute atomic E-state index is 0.217. The van der Waals surface area contributed by atoms with Crippen LogP contribution in [-0.4, -0.2) is 39.0 Å². The van der Waals surface area contributed by atoms with Gasteiger partial charge in [-0.05, 0) is 39.7 Å². The fourth-order valence-electron chi connectivity index (χ4n) is 1.45. The van der Waals surface area contributed by atoms with Crippen LogP contribution in [0.2, 0.25) is 0 Å². The van der Waals surface area contributed by atoms with Gasteiger partial charge in [0.25, 0.3) is 0 Å². The highest BCUT2D eigenvalue weighted by atomic mass is 16.5. The molecule has 0 aliphatic rings. The highest BCUT2D eigenvalue weighted by Crippen LogP contribution is 1.99. The molecular formula is C12H27NO2. The van der Waals surface area contributed by atoms with Gasteiger partial charge >= 0.3 is 0 Å². The zero-order valence-electron chi connectivity index (χ0n) is 10.7. The molecule has 3 heteroatoms. The molecule has 0 spiro atoms. The van der Waals surface area contributed by atoms with Gasteiger partial charge in [-0.1, -0.05) is 6.92 Å². The molecule has 0 rings (SSSR count). The second-order valence-electron chi connectivity index (χ2n) is 4.13. The first-order chi connectivity index (χ1) is 7.20. The van der Waals surface area contributed by atoms with E-state index in [-0.39, 0.29) is 6.10 Å². The standard InChI is InChI=1S/C12H27NO2/c1-5-8-13-11(2)7-6-9-15-12(3)10-14-4/h11-13H,5-10H2,1-4H3. The Morgan fingerprint density at radius 2 is 2.00 bits per heavy atom. The zero-order chi connectivity index (χ0) is 11.5. The molecule has 0 aliphatic heterocycles. The SMILES string of the molecule is CCCNC(C)CCCOC(C)COC. The fraction of sp³-hybridized carbons (Fsp3) is 1.00. The van der Waals surface area contributed by atoms with Crippen molar-refractivity contribution < 1.29 is 9.47 Å². The first kappa shape index (κ1) is 14.9. The van der Waals surface area contributed by atoms with Crippen LogP contribution in [0.15, 0.2) is 0 Å². The van der Waals surface area contributed by atoms with Crippen LogP contribution in [0.1, 0.15) is 40.0 Å². The van der Waals surface area contributed by atoms with Crippen molar-refractivity contribution in [2.75, 3.05) is 26.9 Å². The number of methoxy groups -OCH3 is 1. The molecule has 0 aromatic rings. The average molecular weight is 217 g/mol. The Labute approximate surface area is 94.5 Å². The van der Waals surface area contributed by atoms with E-state index >= 15 is 0 Å². The first-order valence-electron chi connectivity index (χ1n) is 6.04. The van der Waals surface area contributed by atoms with Crippen LogP contribution in [0.3, 0.4) is 0 Å². The highest BCUT2D eigenvalue weighted by molar-refractivity contribution is 4.59. The van der Waals surface area contributed by atoms with E-state index in [1.165, 1.54) is 12.8 Å². The third-order valence-electron chi connectivity index (χ3n) is 2.33. The molecule has 0 bridgehead atoms. The molecular weight excluding hydrogens is 190 g/mol. The molecule has 0 radical (unpaired) electrons. The van der Waals surface area contributed by atoms with E-state index in [1.54, 1.807) is 7.11 Å². The minimum atomic E-state index is 0.217. The van der Waals surface area contributed by atoms with Crippen molar-refractivity contribution >= 4 is 0 Å². The molecule has 0 fully saturated rings. The molecule has 0 aromatic heterocycles. The molecule has 2 atom stereocenters. The lowest BCUT2D eigenvalue weighted by atomic mass is 10.2. The van der Waals surface area contributed by atoms with E-state index < -0.39 is 0 Å². The Morgan fingerprint density at radius 1 is 1.27 bits per heavy atom. The lowest BCUT2D eigenvalue weighted by molar-refractivity contribution is 0.00723. The molecule has 3 nitrogen and oxygen atoms in total. The lowest BCUT2D eigenvalue weighted by Gasteiger charge is -2.15. The first-order valence-corrected chi connectivity index (χ1v) is 6.04. The Morgan fingerprint density at radius 3 is 2.60 bits per heavy atom. The van der Waals surface area contributed by atoms with Crippen molar-refractivity contribution in [3.8, 4) is 0 Å². The number of hydrogen-bond donors (Lipinski definition) is 1. The van der Waals surface area contributed by atoms with Crippen molar-refractivity contribution in [1.29, 1.82) is 0 Å². The van der Waals surface area contributed by atoms with Crippen molar-refractivity contribution in [3.63, 3.8) is 0 Å². The second-order valence-corrected chi connectivity index (χ2v) is 4.13. The normalized spacial score (nSPS) is 15.2. The molecule has 0 aromatic carbocycles. The van der Waals surface area contributed by atoms with Crippen LogP contribution in [0, 0.1) is 0 Å². The summed E-state index contributed by atoms with van der Waals surface area (Å²) < 4.78 is 10.6. The van der Waals surface area contributed by atoms with Crippen molar-refractivity contribution in [2.24, 2.45) is 0 Å². The summed E-state index contributed by atoms with van der Waals surface area (Å²) in [5.41, 5.74) is 0. The van der Waals surface area contributed by atoms with Gasteiger partial charge in [-0.3, -0.25) is 0 Å². The van der Waals surface area contributed by atoms with E-state index in [0.717, 1.165) is 19.6 Å². The maximum Gasteiger partial charge on any atom is 0.0780 e. The molecule has 92 valence electrons. The zero-order valence-corrected chi connectivity index (χ0v) is 10.7. The molecule has 0 aliphatic carbocycles. The molecule has 0 saturated heterocycles. The highest BCUT2D eigenvalue weighted by Gasteiger charge is 2.02.